The maximum atomic E-state index is 13.0. The van der Waals surface area contributed by atoms with Gasteiger partial charge in [-0.2, -0.15) is 0 Å². The van der Waals surface area contributed by atoms with E-state index in [1.165, 1.54) is 0 Å². The van der Waals surface area contributed by atoms with Crippen LogP contribution in [-0.2, 0) is 16.1 Å². The van der Waals surface area contributed by atoms with Gasteiger partial charge in [0.05, 0.1) is 13.2 Å². The number of carbonyl (C=O) groups is 1. The predicted molar refractivity (Wildman–Crippen MR) is 114 cm³/mol. The van der Waals surface area contributed by atoms with Crippen LogP contribution in [0.15, 0.2) is 48.5 Å². The van der Waals surface area contributed by atoms with Gasteiger partial charge in [-0.3, -0.25) is 4.79 Å². The van der Waals surface area contributed by atoms with Crippen LogP contribution in [-0.4, -0.2) is 57.9 Å². The number of anilines is 1. The molecule has 0 unspecified atom stereocenters. The number of hydrogen-bond acceptors (Lipinski definition) is 5. The first-order valence-electron chi connectivity index (χ1n) is 9.98. The number of benzene rings is 2. The fourth-order valence-electron chi connectivity index (χ4n) is 3.38. The zero-order valence-corrected chi connectivity index (χ0v) is 17.5. The minimum absolute atomic E-state index is 0.0388. The van der Waals surface area contributed by atoms with Crippen molar-refractivity contribution >= 4 is 11.6 Å². The highest BCUT2D eigenvalue weighted by Gasteiger charge is 2.23. The van der Waals surface area contributed by atoms with E-state index in [-0.39, 0.29) is 18.6 Å². The molecule has 3 rings (SSSR count). The van der Waals surface area contributed by atoms with Crippen LogP contribution < -0.4 is 14.4 Å². The zero-order valence-electron chi connectivity index (χ0n) is 17.5. The Morgan fingerprint density at radius 3 is 2.45 bits per heavy atom. The van der Waals surface area contributed by atoms with Crippen molar-refractivity contribution in [2.24, 2.45) is 0 Å². The van der Waals surface area contributed by atoms with Crippen LogP contribution in [0.25, 0.3) is 0 Å². The smallest absolute Gasteiger partial charge is 0.260 e. The van der Waals surface area contributed by atoms with E-state index < -0.39 is 0 Å². The summed E-state index contributed by atoms with van der Waals surface area (Å²) in [5.74, 6) is 1.11. The summed E-state index contributed by atoms with van der Waals surface area (Å²) in [6.07, 6.45) is 2.12. The highest BCUT2D eigenvalue weighted by atomic mass is 16.5. The van der Waals surface area contributed by atoms with Crippen LogP contribution in [0, 0.1) is 0 Å². The highest BCUT2D eigenvalue weighted by molar-refractivity contribution is 5.78. The third-order valence-electron chi connectivity index (χ3n) is 5.05. The van der Waals surface area contributed by atoms with Crippen LogP contribution in [0.4, 0.5) is 5.69 Å². The van der Waals surface area contributed by atoms with Gasteiger partial charge in [0.15, 0.2) is 18.1 Å². The lowest BCUT2D eigenvalue weighted by Gasteiger charge is -2.26. The summed E-state index contributed by atoms with van der Waals surface area (Å²) in [6, 6.07) is 15.6. The first-order valence-corrected chi connectivity index (χ1v) is 9.98. The van der Waals surface area contributed by atoms with Gasteiger partial charge in [-0.05, 0) is 42.7 Å². The lowest BCUT2D eigenvalue weighted by molar-refractivity contribution is -0.135. The Bertz CT molecular complexity index is 786. The summed E-state index contributed by atoms with van der Waals surface area (Å²) < 4.78 is 16.8. The Hall–Kier alpha value is -2.73. The van der Waals surface area contributed by atoms with Gasteiger partial charge in [0.1, 0.15) is 0 Å². The van der Waals surface area contributed by atoms with Gasteiger partial charge in [0, 0.05) is 39.5 Å². The fourth-order valence-corrected chi connectivity index (χ4v) is 3.38. The maximum Gasteiger partial charge on any atom is 0.260 e. The van der Waals surface area contributed by atoms with E-state index in [0.717, 1.165) is 30.7 Å². The second kappa shape index (κ2) is 10.2. The number of carbonyl (C=O) groups excluding carboxylic acids is 1. The topological polar surface area (TPSA) is 51.2 Å². The van der Waals surface area contributed by atoms with Gasteiger partial charge >= 0.3 is 0 Å². The summed E-state index contributed by atoms with van der Waals surface area (Å²) in [7, 11) is 5.61. The maximum absolute atomic E-state index is 13.0. The summed E-state index contributed by atoms with van der Waals surface area (Å²) in [5.41, 5.74) is 2.21. The molecule has 156 valence electrons. The van der Waals surface area contributed by atoms with Gasteiger partial charge in [0.2, 0.25) is 0 Å². The van der Waals surface area contributed by atoms with Crippen LogP contribution in [0.2, 0.25) is 0 Å². The number of ether oxygens (including phenoxy) is 3. The number of nitrogens with zero attached hydrogens (tertiary/aromatic N) is 2. The summed E-state index contributed by atoms with van der Waals surface area (Å²) in [6.45, 7) is 1.83. The standard InChI is InChI=1S/C23H30N2O4/c1-24(2)19-12-10-18(11-13-19)15-25(16-20-7-6-14-28-20)23(26)17-29-22-9-5-4-8-21(22)27-3/h4-5,8-13,20H,6-7,14-17H2,1-3H3/t20-/m1/s1. The second-order valence-corrected chi connectivity index (χ2v) is 7.41. The Morgan fingerprint density at radius 1 is 1.10 bits per heavy atom. The van der Waals surface area contributed by atoms with Gasteiger partial charge in [0.25, 0.3) is 5.91 Å². The molecule has 1 aliphatic rings. The number of methoxy groups -OCH3 is 1. The van der Waals surface area contributed by atoms with Crippen molar-refractivity contribution in [2.45, 2.75) is 25.5 Å². The molecule has 2 aromatic carbocycles. The molecule has 1 saturated heterocycles. The lowest BCUT2D eigenvalue weighted by atomic mass is 10.1. The summed E-state index contributed by atoms with van der Waals surface area (Å²) >= 11 is 0. The lowest BCUT2D eigenvalue weighted by Crippen LogP contribution is -2.39. The molecule has 0 spiro atoms. The average Bonchev–Trinajstić information content (AvgIpc) is 3.25. The van der Waals surface area contributed by atoms with Crippen LogP contribution in [0.1, 0.15) is 18.4 Å². The first kappa shape index (κ1) is 21.0. The van der Waals surface area contributed by atoms with Gasteiger partial charge in [-0.1, -0.05) is 24.3 Å². The Labute approximate surface area is 173 Å². The van der Waals surface area contributed by atoms with E-state index in [9.17, 15) is 4.79 Å². The largest absolute Gasteiger partial charge is 0.493 e. The Kier molecular flexibility index (Phi) is 7.36. The van der Waals surface area contributed by atoms with Crippen molar-refractivity contribution in [3.05, 3.63) is 54.1 Å². The molecule has 1 atom stereocenters. The van der Waals surface area contributed by atoms with Crippen molar-refractivity contribution < 1.29 is 19.0 Å². The van der Waals surface area contributed by atoms with E-state index in [0.29, 0.717) is 24.6 Å². The normalized spacial score (nSPS) is 15.8. The molecule has 0 radical (unpaired) electrons. The van der Waals surface area contributed by atoms with Crippen molar-refractivity contribution in [1.82, 2.24) is 4.90 Å². The molecular formula is C23H30N2O4. The molecule has 2 aromatic rings. The molecule has 0 saturated carbocycles. The molecule has 0 aromatic heterocycles. The van der Waals surface area contributed by atoms with Crippen LogP contribution >= 0.6 is 0 Å². The molecule has 29 heavy (non-hydrogen) atoms. The molecule has 0 bridgehead atoms. The fraction of sp³-hybridized carbons (Fsp3) is 0.435. The van der Waals surface area contributed by atoms with E-state index in [1.54, 1.807) is 13.2 Å². The quantitative estimate of drug-likeness (QED) is 0.648. The number of para-hydroxylation sites is 2. The van der Waals surface area contributed by atoms with Crippen molar-refractivity contribution in [3.63, 3.8) is 0 Å². The van der Waals surface area contributed by atoms with E-state index in [1.807, 2.05) is 37.2 Å². The minimum atomic E-state index is -0.0666. The molecule has 1 fully saturated rings. The molecule has 6 nitrogen and oxygen atoms in total. The van der Waals surface area contributed by atoms with Crippen molar-refractivity contribution in [3.8, 4) is 11.5 Å². The third kappa shape index (κ3) is 5.87. The molecule has 1 amide bonds. The summed E-state index contributed by atoms with van der Waals surface area (Å²) in [5, 5.41) is 0. The Morgan fingerprint density at radius 2 is 1.83 bits per heavy atom. The predicted octanol–water partition coefficient (Wildman–Crippen LogP) is 3.35. The van der Waals surface area contributed by atoms with Crippen LogP contribution in [0.5, 0.6) is 11.5 Å². The molecular weight excluding hydrogens is 368 g/mol. The van der Waals surface area contributed by atoms with Gasteiger partial charge in [-0.25, -0.2) is 0 Å². The number of amides is 1. The number of hydrogen-bond donors (Lipinski definition) is 0. The van der Waals surface area contributed by atoms with Crippen molar-refractivity contribution in [2.75, 3.05) is 45.9 Å². The first-order chi connectivity index (χ1) is 14.1. The monoisotopic (exact) mass is 398 g/mol. The van der Waals surface area contributed by atoms with Gasteiger partial charge in [-0.15, -0.1) is 0 Å². The molecule has 6 heteroatoms. The number of rotatable bonds is 9. The third-order valence-corrected chi connectivity index (χ3v) is 5.05. The van der Waals surface area contributed by atoms with E-state index in [4.69, 9.17) is 14.2 Å². The minimum Gasteiger partial charge on any atom is -0.493 e. The summed E-state index contributed by atoms with van der Waals surface area (Å²) in [4.78, 5) is 16.9. The average molecular weight is 399 g/mol. The van der Waals surface area contributed by atoms with E-state index in [2.05, 4.69) is 29.2 Å². The molecule has 1 aliphatic heterocycles. The molecule has 1 heterocycles. The van der Waals surface area contributed by atoms with Gasteiger partial charge < -0.3 is 24.0 Å². The Balaban J connectivity index is 1.67. The highest BCUT2D eigenvalue weighted by Crippen LogP contribution is 2.26. The van der Waals surface area contributed by atoms with E-state index >= 15 is 0 Å². The molecule has 0 aliphatic carbocycles. The molecule has 0 N–H and O–H groups in total. The second-order valence-electron chi connectivity index (χ2n) is 7.41. The zero-order chi connectivity index (χ0) is 20.6. The van der Waals surface area contributed by atoms with Crippen molar-refractivity contribution in [1.29, 1.82) is 0 Å². The van der Waals surface area contributed by atoms with Crippen LogP contribution in [0.3, 0.4) is 0 Å². The SMILES string of the molecule is COc1ccccc1OCC(=O)N(Cc1ccc(N(C)C)cc1)C[C@H]1CCCO1.